The van der Waals surface area contributed by atoms with Crippen LogP contribution in [0.15, 0.2) is 18.3 Å². The molecule has 0 saturated heterocycles. The van der Waals surface area contributed by atoms with Crippen LogP contribution >= 0.6 is 11.6 Å². The van der Waals surface area contributed by atoms with Crippen LogP contribution in [0.1, 0.15) is 39.2 Å². The number of rotatable bonds is 1. The first kappa shape index (κ1) is 10.5. The Morgan fingerprint density at radius 3 is 2.31 bits per heavy atom. The summed E-state index contributed by atoms with van der Waals surface area (Å²) in [6.45, 7) is 8.90. The quantitative estimate of drug-likeness (QED) is 0.623. The van der Waals surface area contributed by atoms with Crippen LogP contribution < -0.4 is 0 Å². The third-order valence-corrected chi connectivity index (χ3v) is 2.77. The lowest BCUT2D eigenvalue weighted by Gasteiger charge is -2.27. The molecule has 1 rings (SSSR count). The normalized spacial score (nSPS) is 14.2. The zero-order valence-corrected chi connectivity index (χ0v) is 9.39. The van der Waals surface area contributed by atoms with Crippen LogP contribution in [0, 0.1) is 5.41 Å². The highest BCUT2D eigenvalue weighted by molar-refractivity contribution is 6.29. The Bertz CT molecular complexity index is 271. The van der Waals surface area contributed by atoms with Gasteiger partial charge in [0.2, 0.25) is 0 Å². The molecule has 0 radical (unpaired) electrons. The first-order valence-electron chi connectivity index (χ1n) is 4.52. The molecule has 72 valence electrons. The molecular weight excluding hydrogens is 182 g/mol. The molecule has 1 aromatic heterocycles. The van der Waals surface area contributed by atoms with Gasteiger partial charge in [-0.3, -0.25) is 0 Å². The third-order valence-electron chi connectivity index (χ3n) is 2.55. The van der Waals surface area contributed by atoms with Crippen LogP contribution in [-0.4, -0.2) is 4.98 Å². The van der Waals surface area contributed by atoms with E-state index < -0.39 is 0 Å². The highest BCUT2D eigenvalue weighted by atomic mass is 35.5. The summed E-state index contributed by atoms with van der Waals surface area (Å²) in [6, 6.07) is 3.89. The maximum absolute atomic E-state index is 5.72. The molecule has 1 atom stereocenters. The zero-order chi connectivity index (χ0) is 10.1. The zero-order valence-electron chi connectivity index (χ0n) is 8.63. The second kappa shape index (κ2) is 3.67. The summed E-state index contributed by atoms with van der Waals surface area (Å²) >= 11 is 5.72. The molecule has 0 saturated carbocycles. The number of nitrogens with zero attached hydrogens (tertiary/aromatic N) is 1. The minimum atomic E-state index is 0.273. The molecule has 0 amide bonds. The van der Waals surface area contributed by atoms with E-state index in [1.54, 1.807) is 0 Å². The highest BCUT2D eigenvalue weighted by Crippen LogP contribution is 2.34. The molecule has 2 heteroatoms. The van der Waals surface area contributed by atoms with Gasteiger partial charge in [0.05, 0.1) is 0 Å². The summed E-state index contributed by atoms with van der Waals surface area (Å²) in [5.74, 6) is 0.497. The molecule has 0 fully saturated rings. The molecule has 0 N–H and O–H groups in total. The molecule has 0 aromatic carbocycles. The molecule has 13 heavy (non-hydrogen) atoms. The summed E-state index contributed by atoms with van der Waals surface area (Å²) in [7, 11) is 0. The summed E-state index contributed by atoms with van der Waals surface area (Å²) in [5.41, 5.74) is 1.52. The fraction of sp³-hybridized carbons (Fsp3) is 0.545. The summed E-state index contributed by atoms with van der Waals surface area (Å²) in [4.78, 5) is 4.08. The van der Waals surface area contributed by atoms with Gasteiger partial charge in [0.25, 0.3) is 0 Å². The van der Waals surface area contributed by atoms with Crippen LogP contribution in [0.3, 0.4) is 0 Å². The predicted octanol–water partition coefficient (Wildman–Crippen LogP) is 3.88. The Morgan fingerprint density at radius 1 is 1.31 bits per heavy atom. The van der Waals surface area contributed by atoms with Gasteiger partial charge in [0.1, 0.15) is 5.15 Å². The average molecular weight is 198 g/mol. The number of pyridine rings is 1. The molecule has 1 heterocycles. The van der Waals surface area contributed by atoms with Crippen LogP contribution in [-0.2, 0) is 0 Å². The smallest absolute Gasteiger partial charge is 0.129 e. The van der Waals surface area contributed by atoms with Crippen molar-refractivity contribution in [1.82, 2.24) is 4.98 Å². The maximum Gasteiger partial charge on any atom is 0.129 e. The fourth-order valence-electron chi connectivity index (χ4n) is 1.14. The van der Waals surface area contributed by atoms with Crippen molar-refractivity contribution in [2.24, 2.45) is 5.41 Å². The van der Waals surface area contributed by atoms with Gasteiger partial charge in [-0.2, -0.15) is 0 Å². The van der Waals surface area contributed by atoms with Gasteiger partial charge in [-0.25, -0.2) is 4.98 Å². The Hall–Kier alpha value is -0.560. The van der Waals surface area contributed by atoms with E-state index in [0.717, 1.165) is 0 Å². The van der Waals surface area contributed by atoms with Crippen molar-refractivity contribution in [3.63, 3.8) is 0 Å². The Labute approximate surface area is 85.1 Å². The van der Waals surface area contributed by atoms with Crippen LogP contribution in [0.4, 0.5) is 0 Å². The van der Waals surface area contributed by atoms with Gasteiger partial charge in [-0.1, -0.05) is 45.4 Å². The van der Waals surface area contributed by atoms with Crippen molar-refractivity contribution in [3.8, 4) is 0 Å². The molecule has 1 nitrogen and oxygen atoms in total. The van der Waals surface area contributed by atoms with Crippen molar-refractivity contribution >= 4 is 11.6 Å². The second-order valence-corrected chi connectivity index (χ2v) is 4.89. The van der Waals surface area contributed by atoms with Crippen molar-refractivity contribution in [2.45, 2.75) is 33.6 Å². The van der Waals surface area contributed by atoms with E-state index in [1.165, 1.54) is 5.56 Å². The Morgan fingerprint density at radius 2 is 1.92 bits per heavy atom. The van der Waals surface area contributed by atoms with E-state index in [9.17, 15) is 0 Å². The first-order valence-corrected chi connectivity index (χ1v) is 4.90. The monoisotopic (exact) mass is 197 g/mol. The largest absolute Gasteiger partial charge is 0.244 e. The number of aromatic nitrogens is 1. The molecule has 0 aliphatic heterocycles. The molecule has 0 aliphatic rings. The van der Waals surface area contributed by atoms with Crippen molar-refractivity contribution in [3.05, 3.63) is 29.0 Å². The minimum absolute atomic E-state index is 0.273. The predicted molar refractivity (Wildman–Crippen MR) is 57.1 cm³/mol. The van der Waals surface area contributed by atoms with Gasteiger partial charge in [0, 0.05) is 6.20 Å². The lowest BCUT2D eigenvalue weighted by atomic mass is 9.78. The van der Waals surface area contributed by atoms with Gasteiger partial charge < -0.3 is 0 Å². The molecule has 0 aliphatic carbocycles. The Balaban J connectivity index is 2.90. The number of hydrogen-bond donors (Lipinski definition) is 0. The summed E-state index contributed by atoms with van der Waals surface area (Å²) in [5, 5.41) is 0.560. The molecule has 1 aromatic rings. The van der Waals surface area contributed by atoms with Gasteiger partial charge in [-0.15, -0.1) is 0 Å². The molecule has 0 spiro atoms. The van der Waals surface area contributed by atoms with E-state index >= 15 is 0 Å². The van der Waals surface area contributed by atoms with Crippen molar-refractivity contribution in [1.29, 1.82) is 0 Å². The van der Waals surface area contributed by atoms with Crippen LogP contribution in [0.2, 0.25) is 5.15 Å². The average Bonchev–Trinajstić information content (AvgIpc) is 2.03. The lowest BCUT2D eigenvalue weighted by Crippen LogP contribution is -2.15. The summed E-state index contributed by atoms with van der Waals surface area (Å²) < 4.78 is 0. The Kier molecular flexibility index (Phi) is 2.97. The van der Waals surface area contributed by atoms with Gasteiger partial charge in [0.15, 0.2) is 0 Å². The van der Waals surface area contributed by atoms with Crippen molar-refractivity contribution < 1.29 is 0 Å². The van der Waals surface area contributed by atoms with Crippen molar-refractivity contribution in [2.75, 3.05) is 0 Å². The third kappa shape index (κ3) is 2.70. The lowest BCUT2D eigenvalue weighted by molar-refractivity contribution is 0.339. The minimum Gasteiger partial charge on any atom is -0.244 e. The first-order chi connectivity index (χ1) is 5.91. The molecular formula is C11H16ClN. The maximum atomic E-state index is 5.72. The van der Waals surface area contributed by atoms with E-state index in [2.05, 4.69) is 32.7 Å². The highest BCUT2D eigenvalue weighted by Gasteiger charge is 2.21. The topological polar surface area (TPSA) is 12.9 Å². The van der Waals surface area contributed by atoms with E-state index in [0.29, 0.717) is 11.1 Å². The van der Waals surface area contributed by atoms with E-state index in [-0.39, 0.29) is 5.41 Å². The second-order valence-electron chi connectivity index (χ2n) is 4.50. The number of halogens is 1. The number of hydrogen-bond acceptors (Lipinski definition) is 1. The fourth-order valence-corrected chi connectivity index (χ4v) is 1.26. The standard InChI is InChI=1S/C11H16ClN/c1-8(11(2,3)4)9-5-6-10(12)13-7-9/h5-8H,1-4H3. The van der Waals surface area contributed by atoms with E-state index in [1.807, 2.05) is 18.3 Å². The van der Waals surface area contributed by atoms with Gasteiger partial charge >= 0.3 is 0 Å². The van der Waals surface area contributed by atoms with Crippen LogP contribution in [0.25, 0.3) is 0 Å². The summed E-state index contributed by atoms with van der Waals surface area (Å²) in [6.07, 6.45) is 1.86. The molecule has 0 bridgehead atoms. The van der Waals surface area contributed by atoms with Gasteiger partial charge in [-0.05, 0) is 23.0 Å². The molecule has 1 unspecified atom stereocenters. The van der Waals surface area contributed by atoms with E-state index in [4.69, 9.17) is 11.6 Å². The van der Waals surface area contributed by atoms with Crippen LogP contribution in [0.5, 0.6) is 0 Å². The SMILES string of the molecule is CC(c1ccc(Cl)nc1)C(C)(C)C.